The molecule has 3 aromatic heterocycles. The predicted octanol–water partition coefficient (Wildman–Crippen LogP) is 3.21. The number of benzene rings is 2. The van der Waals surface area contributed by atoms with Gasteiger partial charge in [-0.1, -0.05) is 11.6 Å². The molecule has 4 nitrogen and oxygen atoms in total. The van der Waals surface area contributed by atoms with Crippen LogP contribution in [0, 0.1) is 38.5 Å². The van der Waals surface area contributed by atoms with Crippen LogP contribution in [0.5, 0.6) is 0 Å². The molecule has 1 fully saturated rings. The van der Waals surface area contributed by atoms with Gasteiger partial charge in [-0.3, -0.25) is 9.97 Å². The van der Waals surface area contributed by atoms with Crippen LogP contribution in [0.15, 0.2) is 60.9 Å². The molecule has 1 aliphatic carbocycles. The van der Waals surface area contributed by atoms with Crippen molar-refractivity contribution in [2.75, 3.05) is 0 Å². The van der Waals surface area contributed by atoms with E-state index >= 15 is 0 Å². The first-order valence-corrected chi connectivity index (χ1v) is 9.96. The Balaban J connectivity index is 0.000000317. The van der Waals surface area contributed by atoms with E-state index in [0.717, 1.165) is 44.2 Å². The van der Waals surface area contributed by atoms with Crippen molar-refractivity contribution in [3.05, 3.63) is 104 Å². The first-order valence-electron chi connectivity index (χ1n) is 9.58. The largest absolute Gasteiger partial charge is 3.00 e. The maximum atomic E-state index is 5.99. The van der Waals surface area contributed by atoms with Crippen molar-refractivity contribution in [1.82, 2.24) is 19.9 Å². The van der Waals surface area contributed by atoms with Crippen molar-refractivity contribution in [3.8, 4) is 11.4 Å². The number of fused-ring (bicyclic) bond motifs is 6. The third-order valence-electron chi connectivity index (χ3n) is 4.85. The number of pyridine rings is 2. The number of hydrogen-bond acceptors (Lipinski definition) is 3. The first-order chi connectivity index (χ1) is 14.8. The smallest absolute Gasteiger partial charge is 1.00 e. The molecule has 32 heavy (non-hydrogen) atoms. The Hall–Kier alpha value is -2.07. The van der Waals surface area contributed by atoms with Crippen molar-refractivity contribution in [2.45, 2.75) is 0 Å². The van der Waals surface area contributed by atoms with Crippen molar-refractivity contribution in [3.63, 3.8) is 0 Å². The van der Waals surface area contributed by atoms with E-state index in [2.05, 4.69) is 15.0 Å². The zero-order chi connectivity index (χ0) is 20.3. The molecule has 7 heteroatoms. The minimum Gasteiger partial charge on any atom is -1.00 e. The molecule has 3 heterocycles. The Morgan fingerprint density at radius 1 is 0.656 bits per heavy atom. The first kappa shape index (κ1) is 24.6. The van der Waals surface area contributed by atoms with E-state index in [4.69, 9.17) is 16.6 Å². The predicted molar refractivity (Wildman–Crippen MR) is 123 cm³/mol. The van der Waals surface area contributed by atoms with Crippen molar-refractivity contribution >= 4 is 44.4 Å². The number of halogens is 2. The summed E-state index contributed by atoms with van der Waals surface area (Å²) in [7, 11) is 0. The van der Waals surface area contributed by atoms with Crippen molar-refractivity contribution in [2.24, 2.45) is 0 Å². The quantitative estimate of drug-likeness (QED) is 0.260. The molecule has 0 bridgehead atoms. The Bertz CT molecular complexity index is 1230. The second-order valence-electron chi connectivity index (χ2n) is 6.77. The van der Waals surface area contributed by atoms with E-state index in [-0.39, 0.29) is 31.9 Å². The maximum absolute atomic E-state index is 5.99. The summed E-state index contributed by atoms with van der Waals surface area (Å²) in [6, 6.07) is 15.6. The van der Waals surface area contributed by atoms with Gasteiger partial charge in [0.1, 0.15) is 5.82 Å². The third kappa shape index (κ3) is 4.96. The topological polar surface area (TPSA) is 54.5 Å². The van der Waals surface area contributed by atoms with Gasteiger partial charge in [0, 0.05) is 33.8 Å². The van der Waals surface area contributed by atoms with Gasteiger partial charge >= 0.3 is 19.5 Å². The van der Waals surface area contributed by atoms with E-state index in [9.17, 15) is 0 Å². The Kier molecular flexibility index (Phi) is 8.59. The summed E-state index contributed by atoms with van der Waals surface area (Å²) in [4.78, 5) is 17.3. The summed E-state index contributed by atoms with van der Waals surface area (Å²) in [6.45, 7) is 0. The second-order valence-corrected chi connectivity index (χ2v) is 7.21. The molecule has 2 aromatic carbocycles. The molecule has 0 aliphatic heterocycles. The van der Waals surface area contributed by atoms with Crippen LogP contribution >= 0.6 is 11.6 Å². The Labute approximate surface area is 211 Å². The second kappa shape index (κ2) is 11.2. The number of nitrogens with zero attached hydrogens (tertiary/aromatic N) is 3. The molecular formula is C25H17Cl2N4Ru+2. The summed E-state index contributed by atoms with van der Waals surface area (Å²) in [6.07, 6.45) is 15.6. The minimum atomic E-state index is 0. The zero-order valence-corrected chi connectivity index (χ0v) is 19.9. The summed E-state index contributed by atoms with van der Waals surface area (Å²) in [5.41, 5.74) is 4.62. The molecule has 1 aliphatic rings. The molecule has 6 rings (SSSR count). The number of H-pyrrole nitrogens is 1. The molecule has 1 saturated carbocycles. The zero-order valence-electron chi connectivity index (χ0n) is 16.7. The van der Waals surface area contributed by atoms with Crippen LogP contribution in [0.25, 0.3) is 44.2 Å². The van der Waals surface area contributed by atoms with Gasteiger partial charge in [0.2, 0.25) is 0 Å². The van der Waals surface area contributed by atoms with Crippen molar-refractivity contribution < 1.29 is 31.9 Å². The number of nitrogens with one attached hydrogen (secondary N) is 1. The van der Waals surface area contributed by atoms with Crippen LogP contribution in [-0.4, -0.2) is 19.9 Å². The molecule has 7 radical (unpaired) electrons. The maximum Gasteiger partial charge on any atom is 3.00 e. The third-order valence-corrected chi connectivity index (χ3v) is 5.10. The van der Waals surface area contributed by atoms with Crippen LogP contribution in [-0.2, 0) is 19.5 Å². The summed E-state index contributed by atoms with van der Waals surface area (Å²) in [5, 5.41) is 2.72. The summed E-state index contributed by atoms with van der Waals surface area (Å²) in [5.74, 6) is 0.808. The molecule has 0 saturated heterocycles. The van der Waals surface area contributed by atoms with Gasteiger partial charge in [0.05, 0.1) is 22.1 Å². The SMILES string of the molecule is Clc1ccc(-c2nc3c4cccnc4c4ncccc4c3[nH]2)cc1.[CH]1[CH][CH][CH][CH][CH]1.[Cl-].[Ru+3]. The molecule has 5 aromatic rings. The van der Waals surface area contributed by atoms with Crippen LogP contribution in [0.2, 0.25) is 5.02 Å². The van der Waals surface area contributed by atoms with E-state index < -0.39 is 0 Å². The van der Waals surface area contributed by atoms with Gasteiger partial charge in [-0.15, -0.1) is 0 Å². The summed E-state index contributed by atoms with van der Waals surface area (Å²) < 4.78 is 0. The molecule has 0 amide bonds. The average Bonchev–Trinajstić information content (AvgIpc) is 3.27. The number of hydrogen-bond donors (Lipinski definition) is 1. The summed E-state index contributed by atoms with van der Waals surface area (Å²) >= 11 is 5.99. The van der Waals surface area contributed by atoms with Crippen LogP contribution < -0.4 is 12.4 Å². The Morgan fingerprint density at radius 3 is 1.78 bits per heavy atom. The standard InChI is InChI=1S/C19H11ClN4.C6H6.ClH.Ru/c20-12-7-5-11(6-8-12)19-23-17-13-3-1-9-21-15(13)16-14(18(17)24-19)4-2-10-22-16;1-2-4-6-5-3-1;;/h1-10H,(H,23,24);1-6H;1H;/q;;;+3/p-1. The average molecular weight is 545 g/mol. The molecule has 157 valence electrons. The normalized spacial score (nSPS) is 13.2. The van der Waals surface area contributed by atoms with Gasteiger partial charge < -0.3 is 17.4 Å². The molecule has 0 unspecified atom stereocenters. The molecule has 1 N–H and O–H groups in total. The van der Waals surface area contributed by atoms with E-state index in [0.29, 0.717) is 5.02 Å². The molecular weight excluding hydrogens is 528 g/mol. The van der Waals surface area contributed by atoms with E-state index in [1.807, 2.05) is 87.1 Å². The van der Waals surface area contributed by atoms with Crippen LogP contribution in [0.3, 0.4) is 0 Å². The Morgan fingerprint density at radius 2 is 1.19 bits per heavy atom. The fraction of sp³-hybridized carbons (Fsp3) is 0. The number of imidazole rings is 1. The van der Waals surface area contributed by atoms with E-state index in [1.165, 1.54) is 0 Å². The fourth-order valence-corrected chi connectivity index (χ4v) is 3.60. The number of rotatable bonds is 1. The van der Waals surface area contributed by atoms with Crippen molar-refractivity contribution in [1.29, 1.82) is 0 Å². The monoisotopic (exact) mass is 545 g/mol. The van der Waals surface area contributed by atoms with Gasteiger partial charge in [0.15, 0.2) is 0 Å². The number of aromatic nitrogens is 4. The van der Waals surface area contributed by atoms with Gasteiger partial charge in [0.25, 0.3) is 0 Å². The fourth-order valence-electron chi connectivity index (χ4n) is 3.47. The minimum absolute atomic E-state index is 0. The molecule has 0 spiro atoms. The molecule has 0 atom stereocenters. The number of aromatic amines is 1. The van der Waals surface area contributed by atoms with Gasteiger partial charge in [-0.05, 0) is 87.1 Å². The van der Waals surface area contributed by atoms with Crippen LogP contribution in [0.1, 0.15) is 0 Å². The van der Waals surface area contributed by atoms with Crippen LogP contribution in [0.4, 0.5) is 0 Å². The van der Waals surface area contributed by atoms with E-state index in [1.54, 1.807) is 12.4 Å². The van der Waals surface area contributed by atoms with Gasteiger partial charge in [-0.2, -0.15) is 0 Å². The van der Waals surface area contributed by atoms with Gasteiger partial charge in [-0.25, -0.2) is 4.98 Å².